The normalized spacial score (nSPS) is 11.1. The van der Waals surface area contributed by atoms with E-state index in [1.54, 1.807) is 48.7 Å². The van der Waals surface area contributed by atoms with Gasteiger partial charge in [-0.05, 0) is 48.5 Å². The summed E-state index contributed by atoms with van der Waals surface area (Å²) in [6.07, 6.45) is 1.54. The second-order valence-electron chi connectivity index (χ2n) is 6.22. The third-order valence-corrected chi connectivity index (χ3v) is 4.64. The number of carbonyl (C=O) groups is 2. The van der Waals surface area contributed by atoms with Gasteiger partial charge >= 0.3 is 5.97 Å². The molecule has 0 saturated carbocycles. The third-order valence-electron chi connectivity index (χ3n) is 3.85. The van der Waals surface area contributed by atoms with Crippen LogP contribution in [0.3, 0.4) is 0 Å². The number of nitrogens with two attached hydrogens (primary N) is 2. The molecule has 0 bridgehead atoms. The van der Waals surface area contributed by atoms with Gasteiger partial charge in [0.15, 0.2) is 24.9 Å². The summed E-state index contributed by atoms with van der Waals surface area (Å²) >= 11 is 9.41. The number of ether oxygens (including phenoxy) is 2. The van der Waals surface area contributed by atoms with E-state index >= 15 is 0 Å². The first-order chi connectivity index (χ1) is 15.3. The van der Waals surface area contributed by atoms with Gasteiger partial charge in [0.2, 0.25) is 0 Å². The summed E-state index contributed by atoms with van der Waals surface area (Å²) in [6.45, 7) is -0.210. The Balaban J connectivity index is 1.54. The van der Waals surface area contributed by atoms with E-state index in [9.17, 15) is 9.59 Å². The summed E-state index contributed by atoms with van der Waals surface area (Å²) in [5.41, 5.74) is 11.3. The van der Waals surface area contributed by atoms with E-state index in [2.05, 4.69) is 26.2 Å². The Hall–Kier alpha value is -3.57. The van der Waals surface area contributed by atoms with Gasteiger partial charge in [-0.3, -0.25) is 4.79 Å². The molecule has 10 nitrogen and oxygen atoms in total. The van der Waals surface area contributed by atoms with Gasteiger partial charge in [-0.2, -0.15) is 5.10 Å². The first-order valence-corrected chi connectivity index (χ1v) is 10.2. The van der Waals surface area contributed by atoms with Gasteiger partial charge < -0.3 is 25.8 Å². The zero-order valence-electron chi connectivity index (χ0n) is 16.4. The Morgan fingerprint density at radius 1 is 1.09 bits per heavy atom. The number of aromatic nitrogens is 2. The Morgan fingerprint density at radius 2 is 1.84 bits per heavy atom. The van der Waals surface area contributed by atoms with Crippen LogP contribution in [0.4, 0.5) is 0 Å². The van der Waals surface area contributed by atoms with E-state index in [1.165, 1.54) is 10.7 Å². The van der Waals surface area contributed by atoms with Crippen LogP contribution in [-0.4, -0.2) is 34.1 Å². The highest BCUT2D eigenvalue weighted by molar-refractivity contribution is 9.10. The third kappa shape index (κ3) is 6.46. The number of carbonyl (C=O) groups excluding carboxylic acids is 2. The van der Waals surface area contributed by atoms with Crippen molar-refractivity contribution in [2.75, 3.05) is 6.61 Å². The number of oxime groups is 1. The van der Waals surface area contributed by atoms with E-state index in [1.807, 2.05) is 0 Å². The van der Waals surface area contributed by atoms with E-state index in [0.717, 1.165) is 4.47 Å². The maximum absolute atomic E-state index is 12.2. The molecule has 0 aliphatic rings. The van der Waals surface area contributed by atoms with Crippen LogP contribution in [0.1, 0.15) is 16.1 Å². The van der Waals surface area contributed by atoms with Crippen molar-refractivity contribution in [3.8, 4) is 11.5 Å². The van der Waals surface area contributed by atoms with E-state index < -0.39 is 11.9 Å². The SMILES string of the molecule is NC(=O)COc1ccc(/C(N)=N/OC(=O)c2ccn(COc3ccc(Br)cc3Cl)n2)cc1. The first-order valence-electron chi connectivity index (χ1n) is 8.99. The Labute approximate surface area is 195 Å². The molecule has 0 spiro atoms. The summed E-state index contributed by atoms with van der Waals surface area (Å²) in [6, 6.07) is 13.0. The molecular formula is C20H17BrClN5O5. The standard InChI is InChI=1S/C20H17BrClN5O5/c21-13-3-6-17(15(22)9-13)31-11-27-8-7-16(25-27)20(29)32-26-19(24)12-1-4-14(5-2-12)30-10-18(23)28/h1-9H,10-11H2,(H2,23,28)(H2,24,26). The molecule has 0 atom stereocenters. The van der Waals surface area contributed by atoms with Crippen LogP contribution in [-0.2, 0) is 16.4 Å². The fraction of sp³-hybridized carbons (Fsp3) is 0.100. The lowest BCUT2D eigenvalue weighted by molar-refractivity contribution is -0.119. The van der Waals surface area contributed by atoms with Gasteiger partial charge in [-0.1, -0.05) is 32.7 Å². The van der Waals surface area contributed by atoms with Gasteiger partial charge in [0, 0.05) is 16.2 Å². The lowest BCUT2D eigenvalue weighted by atomic mass is 10.2. The quantitative estimate of drug-likeness (QED) is 0.190. The van der Waals surface area contributed by atoms with Crippen molar-refractivity contribution in [2.45, 2.75) is 6.73 Å². The number of primary amides is 1. The van der Waals surface area contributed by atoms with Gasteiger partial charge in [-0.15, -0.1) is 0 Å². The minimum atomic E-state index is -0.796. The molecule has 0 saturated heterocycles. The number of rotatable bonds is 9. The lowest BCUT2D eigenvalue weighted by Gasteiger charge is -2.08. The van der Waals surface area contributed by atoms with Gasteiger partial charge in [0.25, 0.3) is 5.91 Å². The molecule has 3 aromatic rings. The molecular weight excluding hydrogens is 506 g/mol. The minimum Gasteiger partial charge on any atom is -0.484 e. The monoisotopic (exact) mass is 521 g/mol. The van der Waals surface area contributed by atoms with Crippen molar-refractivity contribution in [1.29, 1.82) is 0 Å². The molecule has 0 radical (unpaired) electrons. The summed E-state index contributed by atoms with van der Waals surface area (Å²) in [7, 11) is 0. The molecule has 1 aromatic heterocycles. The Kier molecular flexibility index (Phi) is 7.68. The molecule has 4 N–H and O–H groups in total. The van der Waals surface area contributed by atoms with Gasteiger partial charge in [-0.25, -0.2) is 9.48 Å². The lowest BCUT2D eigenvalue weighted by Crippen LogP contribution is -2.20. The average Bonchev–Trinajstić information content (AvgIpc) is 3.24. The number of amidine groups is 1. The number of hydrogen-bond donors (Lipinski definition) is 2. The molecule has 0 aliphatic carbocycles. The molecule has 3 rings (SSSR count). The maximum Gasteiger partial charge on any atom is 0.385 e. The Bertz CT molecular complexity index is 1150. The van der Waals surface area contributed by atoms with Crippen LogP contribution in [0.5, 0.6) is 11.5 Å². The predicted molar refractivity (Wildman–Crippen MR) is 119 cm³/mol. The van der Waals surface area contributed by atoms with Crippen molar-refractivity contribution in [3.63, 3.8) is 0 Å². The molecule has 166 valence electrons. The van der Waals surface area contributed by atoms with Crippen molar-refractivity contribution in [2.24, 2.45) is 16.6 Å². The van der Waals surface area contributed by atoms with E-state index in [0.29, 0.717) is 22.1 Å². The number of amides is 1. The van der Waals surface area contributed by atoms with Crippen LogP contribution < -0.4 is 20.9 Å². The zero-order chi connectivity index (χ0) is 23.1. The largest absolute Gasteiger partial charge is 0.484 e. The maximum atomic E-state index is 12.2. The molecule has 12 heteroatoms. The fourth-order valence-corrected chi connectivity index (χ4v) is 3.06. The molecule has 1 amide bonds. The number of halogens is 2. The van der Waals surface area contributed by atoms with Crippen molar-refractivity contribution < 1.29 is 23.9 Å². The van der Waals surface area contributed by atoms with Crippen LogP contribution in [0, 0.1) is 0 Å². The van der Waals surface area contributed by atoms with Crippen LogP contribution in [0.25, 0.3) is 0 Å². The summed E-state index contributed by atoms with van der Waals surface area (Å²) in [5, 5.41) is 8.13. The summed E-state index contributed by atoms with van der Waals surface area (Å²) in [5.74, 6) is -0.525. The highest BCUT2D eigenvalue weighted by Gasteiger charge is 2.13. The van der Waals surface area contributed by atoms with Crippen molar-refractivity contribution >= 4 is 45.2 Å². The van der Waals surface area contributed by atoms with Crippen LogP contribution >= 0.6 is 27.5 Å². The van der Waals surface area contributed by atoms with Crippen LogP contribution in [0.15, 0.2) is 64.4 Å². The van der Waals surface area contributed by atoms with Crippen LogP contribution in [0.2, 0.25) is 5.02 Å². The Morgan fingerprint density at radius 3 is 2.53 bits per heavy atom. The number of benzene rings is 2. The highest BCUT2D eigenvalue weighted by atomic mass is 79.9. The molecule has 2 aromatic carbocycles. The fourth-order valence-electron chi connectivity index (χ4n) is 2.34. The minimum absolute atomic E-state index is 0.0160. The first kappa shape index (κ1) is 23.1. The van der Waals surface area contributed by atoms with E-state index in [-0.39, 0.29) is 24.9 Å². The highest BCUT2D eigenvalue weighted by Crippen LogP contribution is 2.27. The topological polar surface area (TPSA) is 144 Å². The van der Waals surface area contributed by atoms with E-state index in [4.69, 9.17) is 37.4 Å². The molecule has 0 unspecified atom stereocenters. The zero-order valence-corrected chi connectivity index (χ0v) is 18.7. The molecule has 0 aliphatic heterocycles. The molecule has 0 fully saturated rings. The van der Waals surface area contributed by atoms with Gasteiger partial charge in [0.05, 0.1) is 5.02 Å². The molecule has 32 heavy (non-hydrogen) atoms. The summed E-state index contributed by atoms with van der Waals surface area (Å²) < 4.78 is 12.9. The van der Waals surface area contributed by atoms with Crippen molar-refractivity contribution in [3.05, 3.63) is 75.5 Å². The summed E-state index contributed by atoms with van der Waals surface area (Å²) in [4.78, 5) is 27.8. The predicted octanol–water partition coefficient (Wildman–Crippen LogP) is 2.68. The smallest absolute Gasteiger partial charge is 0.385 e. The second-order valence-corrected chi connectivity index (χ2v) is 7.55. The second kappa shape index (κ2) is 10.6. The van der Waals surface area contributed by atoms with Crippen molar-refractivity contribution in [1.82, 2.24) is 9.78 Å². The average molecular weight is 523 g/mol. The number of nitrogens with zero attached hydrogens (tertiary/aromatic N) is 3. The molecule has 1 heterocycles. The van der Waals surface area contributed by atoms with Gasteiger partial charge in [0.1, 0.15) is 11.5 Å². The number of hydrogen-bond acceptors (Lipinski definition) is 7.